The van der Waals surface area contributed by atoms with Gasteiger partial charge in [-0.05, 0) is 0 Å². The molecule has 0 fully saturated rings. The van der Waals surface area contributed by atoms with Crippen molar-refractivity contribution in [3.8, 4) is 0 Å². The zero-order valence-corrected chi connectivity index (χ0v) is 12.0. The van der Waals surface area contributed by atoms with E-state index in [0.29, 0.717) is 13.0 Å². The van der Waals surface area contributed by atoms with Gasteiger partial charge in [0.15, 0.2) is 5.91 Å². The second kappa shape index (κ2) is 16.7. The predicted molar refractivity (Wildman–Crippen MR) is 34.8 cm³/mol. The average Bonchev–Trinajstić information content (AvgIpc) is 1.68. The van der Waals surface area contributed by atoms with Crippen LogP contribution in [0.25, 0.3) is 0 Å². The number of hydrogen-bond donors (Lipinski definition) is 1. The van der Waals surface area contributed by atoms with Gasteiger partial charge >= 0.3 is 21.1 Å². The van der Waals surface area contributed by atoms with Gasteiger partial charge in [0.05, 0.1) is 0 Å². The van der Waals surface area contributed by atoms with Gasteiger partial charge in [-0.2, -0.15) is 0 Å². The molecule has 0 rings (SSSR count). The average molecular weight is 387 g/mol. The molecule has 0 bridgehead atoms. The van der Waals surface area contributed by atoms with Gasteiger partial charge in [0.25, 0.3) is 0 Å². The maximum Gasteiger partial charge on any atom is 2.00 e. The van der Waals surface area contributed by atoms with E-state index in [1.54, 1.807) is 0 Å². The Morgan fingerprint density at radius 3 is 1.90 bits per heavy atom. The maximum atomic E-state index is 10.2. The number of hydrogen-bond acceptors (Lipinski definition) is 1. The fourth-order valence-electron chi connectivity index (χ4n) is 0.228. The van der Waals surface area contributed by atoms with E-state index in [1.165, 1.54) is 0 Å². The summed E-state index contributed by atoms with van der Waals surface area (Å²) < 4.78 is 0. The number of carbonyl (C=O) groups is 1. The van der Waals surface area contributed by atoms with Crippen LogP contribution in [0, 0.1) is 21.3 Å². The summed E-state index contributed by atoms with van der Waals surface area (Å²) in [5.41, 5.74) is 0. The molecule has 0 aromatic carbocycles. The third-order valence-electron chi connectivity index (χ3n) is 0.549. The second-order valence-electron chi connectivity index (χ2n) is 1.10. The van der Waals surface area contributed by atoms with Crippen molar-refractivity contribution in [1.82, 2.24) is 5.32 Å². The minimum atomic E-state index is -0.0463. The molecule has 2 nitrogen and oxygen atoms in total. The normalized spacial score (nSPS) is 5.80. The first-order chi connectivity index (χ1) is 3.31. The smallest absolute Gasteiger partial charge is 0.388 e. The summed E-state index contributed by atoms with van der Waals surface area (Å²) in [5, 5.41) is 2.48. The SMILES string of the molecule is [CH2-]CNC(=O)C[CH2-].[CH3-].[W+2].[Y]. The summed E-state index contributed by atoms with van der Waals surface area (Å²) in [5.74, 6) is -0.0463. The topological polar surface area (TPSA) is 29.1 Å². The first kappa shape index (κ1) is 22.5. The van der Waals surface area contributed by atoms with E-state index in [1.807, 2.05) is 0 Å². The van der Waals surface area contributed by atoms with Crippen LogP contribution in [0.1, 0.15) is 6.42 Å². The molecule has 0 atom stereocenters. The molecular formula is C6H12NOWY-. The number of rotatable bonds is 2. The third kappa shape index (κ3) is 16.1. The van der Waals surface area contributed by atoms with Crippen molar-refractivity contribution in [1.29, 1.82) is 0 Å². The van der Waals surface area contributed by atoms with Gasteiger partial charge in [-0.15, -0.1) is 13.0 Å². The van der Waals surface area contributed by atoms with Gasteiger partial charge in [0.1, 0.15) is 0 Å². The molecule has 57 valence electrons. The van der Waals surface area contributed by atoms with Crippen LogP contribution >= 0.6 is 0 Å². The molecule has 0 aromatic rings. The molecule has 4 heteroatoms. The maximum absolute atomic E-state index is 10.2. The molecule has 0 heterocycles. The number of nitrogens with one attached hydrogen (secondary N) is 1. The van der Waals surface area contributed by atoms with E-state index < -0.39 is 0 Å². The zero-order valence-electron chi connectivity index (χ0n) is 6.22. The van der Waals surface area contributed by atoms with Crippen LogP contribution in [-0.2, 0) is 58.6 Å². The summed E-state index contributed by atoms with van der Waals surface area (Å²) in [4.78, 5) is 10.2. The fraction of sp³-hybridized carbons (Fsp3) is 0.333. The first-order valence-corrected chi connectivity index (χ1v) is 2.16. The van der Waals surface area contributed by atoms with E-state index in [2.05, 4.69) is 19.2 Å². The molecule has 10 heavy (non-hydrogen) atoms. The molecule has 1 amide bonds. The van der Waals surface area contributed by atoms with Crippen molar-refractivity contribution in [2.45, 2.75) is 6.42 Å². The Kier molecular flexibility index (Phi) is 37.5. The fourth-order valence-corrected chi connectivity index (χ4v) is 0.228. The van der Waals surface area contributed by atoms with Crippen LogP contribution in [0.2, 0.25) is 0 Å². The molecule has 1 radical (unpaired) electrons. The molecule has 0 saturated heterocycles. The van der Waals surface area contributed by atoms with Crippen LogP contribution in [0.15, 0.2) is 0 Å². The summed E-state index contributed by atoms with van der Waals surface area (Å²) in [6, 6.07) is 0. The molecule has 0 aliphatic rings. The van der Waals surface area contributed by atoms with Gasteiger partial charge in [0, 0.05) is 32.7 Å². The second-order valence-corrected chi connectivity index (χ2v) is 1.10. The zero-order chi connectivity index (χ0) is 5.70. The summed E-state index contributed by atoms with van der Waals surface area (Å²) in [6.07, 6.45) is 0.301. The number of amides is 1. The van der Waals surface area contributed by atoms with Crippen LogP contribution < -0.4 is 5.32 Å². The van der Waals surface area contributed by atoms with E-state index >= 15 is 0 Å². The van der Waals surface area contributed by atoms with Crippen LogP contribution in [0.3, 0.4) is 0 Å². The van der Waals surface area contributed by atoms with E-state index in [-0.39, 0.29) is 67.1 Å². The minimum absolute atomic E-state index is 0. The Bertz CT molecular complexity index is 70.8. The molecular weight excluding hydrogens is 375 g/mol. The van der Waals surface area contributed by atoms with Crippen molar-refractivity contribution in [3.05, 3.63) is 21.3 Å². The molecule has 0 aliphatic heterocycles. The Labute approximate surface area is 103 Å². The van der Waals surface area contributed by atoms with E-state index in [9.17, 15) is 4.79 Å². The quantitative estimate of drug-likeness (QED) is 0.692. The van der Waals surface area contributed by atoms with Crippen LogP contribution in [0.4, 0.5) is 0 Å². The number of carbonyl (C=O) groups excluding carboxylic acids is 1. The molecule has 0 spiro atoms. The Hall–Kier alpha value is 1.26. The van der Waals surface area contributed by atoms with Crippen molar-refractivity contribution >= 4 is 5.91 Å². The Morgan fingerprint density at radius 2 is 1.80 bits per heavy atom. The van der Waals surface area contributed by atoms with Crippen molar-refractivity contribution in [2.24, 2.45) is 0 Å². The first-order valence-electron chi connectivity index (χ1n) is 2.16. The third-order valence-corrected chi connectivity index (χ3v) is 0.549. The molecule has 0 unspecified atom stereocenters. The van der Waals surface area contributed by atoms with Crippen LogP contribution in [-0.4, -0.2) is 12.5 Å². The molecule has 0 saturated carbocycles. The van der Waals surface area contributed by atoms with Crippen molar-refractivity contribution < 1.29 is 58.6 Å². The molecule has 1 N–H and O–H groups in total. The Morgan fingerprint density at radius 1 is 1.40 bits per heavy atom. The van der Waals surface area contributed by atoms with Gasteiger partial charge in [-0.3, -0.25) is 4.79 Å². The minimum Gasteiger partial charge on any atom is -0.388 e. The summed E-state index contributed by atoms with van der Waals surface area (Å²) in [6.45, 7) is 7.23. The van der Waals surface area contributed by atoms with Crippen LogP contribution in [0.5, 0.6) is 0 Å². The van der Waals surface area contributed by atoms with E-state index in [0.717, 1.165) is 0 Å². The van der Waals surface area contributed by atoms with Gasteiger partial charge in [-0.1, -0.05) is 0 Å². The van der Waals surface area contributed by atoms with Gasteiger partial charge < -0.3 is 26.6 Å². The summed E-state index contributed by atoms with van der Waals surface area (Å²) in [7, 11) is 0. The summed E-state index contributed by atoms with van der Waals surface area (Å²) >= 11 is 0. The van der Waals surface area contributed by atoms with Crippen molar-refractivity contribution in [3.63, 3.8) is 0 Å². The monoisotopic (exact) mass is 387 g/mol. The Balaban J connectivity index is -0.0000000600. The molecule has 0 aromatic heterocycles. The molecule has 0 aliphatic carbocycles. The van der Waals surface area contributed by atoms with Gasteiger partial charge in [0.2, 0.25) is 0 Å². The van der Waals surface area contributed by atoms with Crippen molar-refractivity contribution in [2.75, 3.05) is 6.54 Å². The standard InChI is InChI=1S/C5H9NO.CH3.W.Y/c1-3-5(7)6-4-2;;;/h1-4H2,(H,6,7);1H3;;/q-2;-1;+2;. The predicted octanol–water partition coefficient (Wildman–Crippen LogP) is 0.606. The van der Waals surface area contributed by atoms with E-state index in [4.69, 9.17) is 0 Å². The largest absolute Gasteiger partial charge is 2.00 e. The van der Waals surface area contributed by atoms with Gasteiger partial charge in [-0.25, -0.2) is 0 Å².